The fourth-order valence-electron chi connectivity index (χ4n) is 5.14. The highest BCUT2D eigenvalue weighted by Crippen LogP contribution is 2.40. The molecule has 1 saturated heterocycles. The molecule has 0 bridgehead atoms. The number of ether oxygens (including phenoxy) is 2. The van der Waals surface area contributed by atoms with E-state index in [1.807, 2.05) is 78.6 Å². The van der Waals surface area contributed by atoms with Crippen molar-refractivity contribution < 1.29 is 14.3 Å². The van der Waals surface area contributed by atoms with E-state index in [0.717, 1.165) is 58.6 Å². The Bertz CT molecular complexity index is 1400. The Kier molecular flexibility index (Phi) is 9.66. The molecule has 0 N–H and O–H groups in total. The summed E-state index contributed by atoms with van der Waals surface area (Å²) < 4.78 is 13.1. The van der Waals surface area contributed by atoms with Crippen LogP contribution in [0.1, 0.15) is 62.6 Å². The molecule has 0 spiro atoms. The smallest absolute Gasteiger partial charge is 0.267 e. The zero-order chi connectivity index (χ0) is 27.9. The van der Waals surface area contributed by atoms with Crippen LogP contribution in [0, 0.1) is 0 Å². The molecule has 1 aliphatic heterocycles. The molecule has 0 aromatic heterocycles. The minimum absolute atomic E-state index is 0.0400. The first kappa shape index (κ1) is 28.5. The SMILES string of the molecule is CCOc1cc(/C=C2/SC(=Nc3ccccc3CC)N(C3CCCCC3)C2=O)ccc1OCc1ccc(Br)cc1. The first-order valence-electron chi connectivity index (χ1n) is 14.1. The van der Waals surface area contributed by atoms with Crippen molar-refractivity contribution >= 4 is 50.5 Å². The molecule has 0 unspecified atom stereocenters. The summed E-state index contributed by atoms with van der Waals surface area (Å²) in [6.45, 7) is 5.06. The van der Waals surface area contributed by atoms with Gasteiger partial charge in [-0.25, -0.2) is 4.99 Å². The first-order valence-corrected chi connectivity index (χ1v) is 15.7. The number of hydrogen-bond acceptors (Lipinski definition) is 5. The Morgan fingerprint density at radius 2 is 1.75 bits per heavy atom. The second-order valence-electron chi connectivity index (χ2n) is 10.0. The Balaban J connectivity index is 1.42. The van der Waals surface area contributed by atoms with Gasteiger partial charge in [0.05, 0.1) is 17.2 Å². The van der Waals surface area contributed by atoms with Crippen LogP contribution in [-0.4, -0.2) is 28.6 Å². The van der Waals surface area contributed by atoms with Gasteiger partial charge in [-0.1, -0.05) is 78.5 Å². The lowest BCUT2D eigenvalue weighted by molar-refractivity contribution is -0.124. The van der Waals surface area contributed by atoms with Crippen molar-refractivity contribution in [1.29, 1.82) is 0 Å². The number of aryl methyl sites for hydroxylation is 1. The molecule has 5 rings (SSSR count). The number of para-hydroxylation sites is 1. The highest BCUT2D eigenvalue weighted by molar-refractivity contribution is 9.10. The Hall–Kier alpha value is -3.03. The largest absolute Gasteiger partial charge is 0.490 e. The van der Waals surface area contributed by atoms with Crippen molar-refractivity contribution in [3.63, 3.8) is 0 Å². The third-order valence-corrected chi connectivity index (χ3v) is 8.75. The maximum absolute atomic E-state index is 13.8. The number of thioether (sulfide) groups is 1. The molecular formula is C33H35BrN2O3S. The Morgan fingerprint density at radius 3 is 2.50 bits per heavy atom. The van der Waals surface area contributed by atoms with Crippen LogP contribution in [0.4, 0.5) is 5.69 Å². The standard InChI is InChI=1S/C33H35BrN2O3S/c1-3-25-10-8-9-13-28(25)35-33-36(27-11-6-5-7-12-27)32(37)31(40-33)21-24-16-19-29(30(20-24)38-4-2)39-22-23-14-17-26(34)18-15-23/h8-10,13-21,27H,3-7,11-12,22H2,1-2H3/b31-21+,35-33?. The minimum atomic E-state index is 0.0400. The molecule has 1 heterocycles. The summed E-state index contributed by atoms with van der Waals surface area (Å²) in [6, 6.07) is 22.3. The molecule has 2 aliphatic rings. The lowest BCUT2D eigenvalue weighted by Gasteiger charge is -2.30. The second kappa shape index (κ2) is 13.6. The van der Waals surface area contributed by atoms with Crippen molar-refractivity contribution in [1.82, 2.24) is 4.90 Å². The average Bonchev–Trinajstić information content (AvgIpc) is 3.28. The van der Waals surface area contributed by atoms with Crippen molar-refractivity contribution in [2.45, 2.75) is 65.0 Å². The molecule has 1 amide bonds. The van der Waals surface area contributed by atoms with E-state index in [9.17, 15) is 4.79 Å². The highest BCUT2D eigenvalue weighted by Gasteiger charge is 2.38. The number of rotatable bonds is 9. The molecule has 7 heteroatoms. The van der Waals surface area contributed by atoms with Gasteiger partial charge in [0.15, 0.2) is 16.7 Å². The van der Waals surface area contributed by atoms with Crippen LogP contribution in [0.15, 0.2) is 81.1 Å². The third-order valence-electron chi connectivity index (χ3n) is 7.24. The number of hydrogen-bond donors (Lipinski definition) is 0. The maximum atomic E-state index is 13.8. The average molecular weight is 620 g/mol. The van der Waals surface area contributed by atoms with E-state index in [1.54, 1.807) is 0 Å². The van der Waals surface area contributed by atoms with E-state index in [-0.39, 0.29) is 11.9 Å². The fourth-order valence-corrected chi connectivity index (χ4v) is 6.46. The number of carbonyl (C=O) groups is 1. The zero-order valence-corrected chi connectivity index (χ0v) is 25.5. The van der Waals surface area contributed by atoms with Crippen LogP contribution in [-0.2, 0) is 17.8 Å². The van der Waals surface area contributed by atoms with E-state index in [1.165, 1.54) is 23.7 Å². The fraction of sp³-hybridized carbons (Fsp3) is 0.333. The van der Waals surface area contributed by atoms with Crippen LogP contribution >= 0.6 is 27.7 Å². The van der Waals surface area contributed by atoms with Gasteiger partial charge in [-0.2, -0.15) is 0 Å². The molecule has 1 aliphatic carbocycles. The first-order chi connectivity index (χ1) is 19.6. The van der Waals surface area contributed by atoms with E-state index >= 15 is 0 Å². The second-order valence-corrected chi connectivity index (χ2v) is 11.9. The quantitative estimate of drug-likeness (QED) is 0.225. The van der Waals surface area contributed by atoms with E-state index < -0.39 is 0 Å². The van der Waals surface area contributed by atoms with Gasteiger partial charge in [0.25, 0.3) is 5.91 Å². The van der Waals surface area contributed by atoms with Crippen molar-refractivity contribution in [3.05, 3.63) is 92.8 Å². The van der Waals surface area contributed by atoms with Crippen molar-refractivity contribution in [2.24, 2.45) is 4.99 Å². The minimum Gasteiger partial charge on any atom is -0.490 e. The van der Waals surface area contributed by atoms with Gasteiger partial charge in [0, 0.05) is 10.5 Å². The van der Waals surface area contributed by atoms with E-state index in [0.29, 0.717) is 29.6 Å². The predicted molar refractivity (Wildman–Crippen MR) is 168 cm³/mol. The number of amidine groups is 1. The summed E-state index contributed by atoms with van der Waals surface area (Å²) in [4.78, 5) is 21.5. The summed E-state index contributed by atoms with van der Waals surface area (Å²) in [5, 5.41) is 0.781. The molecule has 5 nitrogen and oxygen atoms in total. The van der Waals surface area contributed by atoms with Gasteiger partial charge >= 0.3 is 0 Å². The number of halogens is 1. The monoisotopic (exact) mass is 618 g/mol. The van der Waals surface area contributed by atoms with E-state index in [2.05, 4.69) is 28.9 Å². The summed E-state index contributed by atoms with van der Waals surface area (Å²) in [6.07, 6.45) is 8.43. The molecule has 3 aromatic rings. The molecule has 40 heavy (non-hydrogen) atoms. The predicted octanol–water partition coefficient (Wildman–Crippen LogP) is 8.93. The number of benzene rings is 3. The molecule has 2 fully saturated rings. The zero-order valence-electron chi connectivity index (χ0n) is 23.1. The molecule has 1 saturated carbocycles. The van der Waals surface area contributed by atoms with Gasteiger partial charge in [-0.15, -0.1) is 0 Å². The Morgan fingerprint density at radius 1 is 0.975 bits per heavy atom. The number of amides is 1. The molecular weight excluding hydrogens is 584 g/mol. The van der Waals surface area contributed by atoms with Crippen LogP contribution < -0.4 is 9.47 Å². The topological polar surface area (TPSA) is 51.1 Å². The summed E-state index contributed by atoms with van der Waals surface area (Å²) >= 11 is 4.94. The van der Waals surface area contributed by atoms with Crippen LogP contribution in [0.3, 0.4) is 0 Å². The molecule has 0 radical (unpaired) electrons. The Labute approximate surface area is 249 Å². The highest BCUT2D eigenvalue weighted by atomic mass is 79.9. The lowest BCUT2D eigenvalue weighted by Crippen LogP contribution is -2.40. The molecule has 0 atom stereocenters. The van der Waals surface area contributed by atoms with Gasteiger partial charge in [-0.3, -0.25) is 9.69 Å². The van der Waals surface area contributed by atoms with E-state index in [4.69, 9.17) is 14.5 Å². The lowest BCUT2D eigenvalue weighted by atomic mass is 9.94. The third kappa shape index (κ3) is 6.81. The van der Waals surface area contributed by atoms with Crippen molar-refractivity contribution in [3.8, 4) is 11.5 Å². The van der Waals surface area contributed by atoms with Gasteiger partial charge in [-0.05, 0) is 91.0 Å². The van der Waals surface area contributed by atoms with Crippen LogP contribution in [0.25, 0.3) is 6.08 Å². The van der Waals surface area contributed by atoms with Crippen molar-refractivity contribution in [2.75, 3.05) is 6.61 Å². The van der Waals surface area contributed by atoms with Crippen LogP contribution in [0.5, 0.6) is 11.5 Å². The summed E-state index contributed by atoms with van der Waals surface area (Å²) in [5.74, 6) is 1.39. The number of aliphatic imine (C=N–C) groups is 1. The summed E-state index contributed by atoms with van der Waals surface area (Å²) in [5.41, 5.74) is 4.09. The van der Waals surface area contributed by atoms with Gasteiger partial charge < -0.3 is 9.47 Å². The van der Waals surface area contributed by atoms with Gasteiger partial charge in [0.2, 0.25) is 0 Å². The summed E-state index contributed by atoms with van der Waals surface area (Å²) in [7, 11) is 0. The number of nitrogens with zero attached hydrogens (tertiary/aromatic N) is 2. The van der Waals surface area contributed by atoms with Crippen LogP contribution in [0.2, 0.25) is 0 Å². The maximum Gasteiger partial charge on any atom is 0.267 e. The number of carbonyl (C=O) groups excluding carboxylic acids is 1. The molecule has 208 valence electrons. The van der Waals surface area contributed by atoms with Gasteiger partial charge in [0.1, 0.15) is 6.61 Å². The normalized spacial score (nSPS) is 18.1. The molecule has 3 aromatic carbocycles.